The SMILES string of the molecule is Cc1cc(F)ccc1CC(N)c1ccc(Br)o1. The molecule has 2 aromatic rings. The number of halogens is 2. The predicted octanol–water partition coefficient (Wildman–Crippen LogP) is 3.73. The first-order chi connectivity index (χ1) is 8.06. The molecule has 4 heteroatoms. The third-order valence-electron chi connectivity index (χ3n) is 2.70. The van der Waals surface area contributed by atoms with Gasteiger partial charge in [-0.3, -0.25) is 0 Å². The standard InChI is InChI=1S/C13H13BrFNO/c1-8-6-10(15)3-2-9(8)7-11(16)12-4-5-13(14)17-12/h2-6,11H,7,16H2,1H3. The van der Waals surface area contributed by atoms with Crippen molar-refractivity contribution in [3.8, 4) is 0 Å². The molecule has 0 spiro atoms. The second kappa shape index (κ2) is 5.02. The van der Waals surface area contributed by atoms with E-state index in [-0.39, 0.29) is 11.9 Å². The molecule has 17 heavy (non-hydrogen) atoms. The average molecular weight is 298 g/mol. The maximum Gasteiger partial charge on any atom is 0.169 e. The molecule has 0 bridgehead atoms. The molecule has 2 N–H and O–H groups in total. The van der Waals surface area contributed by atoms with E-state index in [1.165, 1.54) is 12.1 Å². The van der Waals surface area contributed by atoms with Crippen molar-refractivity contribution in [3.05, 3.63) is 57.7 Å². The molecule has 0 fully saturated rings. The smallest absolute Gasteiger partial charge is 0.169 e. The normalized spacial score (nSPS) is 12.7. The van der Waals surface area contributed by atoms with Crippen LogP contribution in [0.2, 0.25) is 0 Å². The topological polar surface area (TPSA) is 39.2 Å². The van der Waals surface area contributed by atoms with Crippen LogP contribution in [0, 0.1) is 12.7 Å². The molecule has 0 aliphatic carbocycles. The van der Waals surface area contributed by atoms with Crippen molar-refractivity contribution in [2.45, 2.75) is 19.4 Å². The van der Waals surface area contributed by atoms with E-state index < -0.39 is 0 Å². The first-order valence-corrected chi connectivity index (χ1v) is 6.11. The van der Waals surface area contributed by atoms with Crippen molar-refractivity contribution in [2.75, 3.05) is 0 Å². The van der Waals surface area contributed by atoms with Crippen molar-refractivity contribution in [2.24, 2.45) is 5.73 Å². The van der Waals surface area contributed by atoms with Crippen LogP contribution >= 0.6 is 15.9 Å². The Bertz CT molecular complexity index is 524. The van der Waals surface area contributed by atoms with E-state index in [0.29, 0.717) is 11.1 Å². The summed E-state index contributed by atoms with van der Waals surface area (Å²) >= 11 is 3.24. The summed E-state index contributed by atoms with van der Waals surface area (Å²) in [5, 5.41) is 0. The highest BCUT2D eigenvalue weighted by atomic mass is 79.9. The molecule has 0 saturated carbocycles. The first kappa shape index (κ1) is 12.3. The van der Waals surface area contributed by atoms with Crippen LogP contribution in [0.15, 0.2) is 39.4 Å². The Morgan fingerprint density at radius 3 is 2.71 bits per heavy atom. The van der Waals surface area contributed by atoms with Crippen LogP contribution in [-0.4, -0.2) is 0 Å². The number of aryl methyl sites for hydroxylation is 1. The average Bonchev–Trinajstić information content (AvgIpc) is 2.69. The van der Waals surface area contributed by atoms with Crippen LogP contribution in [-0.2, 0) is 6.42 Å². The summed E-state index contributed by atoms with van der Waals surface area (Å²) in [5.41, 5.74) is 7.98. The number of benzene rings is 1. The van der Waals surface area contributed by atoms with Gasteiger partial charge in [-0.05, 0) is 64.7 Å². The van der Waals surface area contributed by atoms with Gasteiger partial charge in [-0.15, -0.1) is 0 Å². The molecule has 1 unspecified atom stereocenters. The number of rotatable bonds is 3. The van der Waals surface area contributed by atoms with Crippen LogP contribution in [0.1, 0.15) is 22.9 Å². The first-order valence-electron chi connectivity index (χ1n) is 5.32. The summed E-state index contributed by atoms with van der Waals surface area (Å²) in [6, 6.07) is 8.17. The molecule has 0 amide bonds. The van der Waals surface area contributed by atoms with Gasteiger partial charge in [0.25, 0.3) is 0 Å². The van der Waals surface area contributed by atoms with Crippen LogP contribution in [0.4, 0.5) is 4.39 Å². The highest BCUT2D eigenvalue weighted by molar-refractivity contribution is 9.10. The fourth-order valence-corrected chi connectivity index (χ4v) is 2.07. The lowest BCUT2D eigenvalue weighted by Gasteiger charge is -2.11. The van der Waals surface area contributed by atoms with Crippen LogP contribution < -0.4 is 5.73 Å². The Labute approximate surface area is 108 Å². The highest BCUT2D eigenvalue weighted by Crippen LogP contribution is 2.23. The zero-order valence-electron chi connectivity index (χ0n) is 9.41. The van der Waals surface area contributed by atoms with E-state index >= 15 is 0 Å². The Hall–Kier alpha value is -1.13. The van der Waals surface area contributed by atoms with E-state index in [9.17, 15) is 4.39 Å². The maximum atomic E-state index is 13.0. The predicted molar refractivity (Wildman–Crippen MR) is 68.2 cm³/mol. The second-order valence-electron chi connectivity index (χ2n) is 4.02. The van der Waals surface area contributed by atoms with Gasteiger partial charge < -0.3 is 10.2 Å². The molecule has 0 saturated heterocycles. The molecule has 1 aromatic heterocycles. The summed E-state index contributed by atoms with van der Waals surface area (Å²) in [6.45, 7) is 1.88. The molecule has 0 aliphatic heterocycles. The van der Waals surface area contributed by atoms with E-state index in [0.717, 1.165) is 16.9 Å². The minimum Gasteiger partial charge on any atom is -0.453 e. The highest BCUT2D eigenvalue weighted by Gasteiger charge is 2.12. The van der Waals surface area contributed by atoms with Gasteiger partial charge in [0.15, 0.2) is 4.67 Å². The minimum absolute atomic E-state index is 0.217. The maximum absolute atomic E-state index is 13.0. The number of hydrogen-bond acceptors (Lipinski definition) is 2. The van der Waals surface area contributed by atoms with Gasteiger partial charge in [0.2, 0.25) is 0 Å². The molecule has 0 radical (unpaired) electrons. The van der Waals surface area contributed by atoms with E-state index in [2.05, 4.69) is 15.9 Å². The fraction of sp³-hybridized carbons (Fsp3) is 0.231. The van der Waals surface area contributed by atoms with E-state index in [4.69, 9.17) is 10.2 Å². The summed E-state index contributed by atoms with van der Waals surface area (Å²) in [5.74, 6) is 0.501. The van der Waals surface area contributed by atoms with Crippen molar-refractivity contribution in [1.82, 2.24) is 0 Å². The lowest BCUT2D eigenvalue weighted by molar-refractivity contribution is 0.447. The van der Waals surface area contributed by atoms with Gasteiger partial charge >= 0.3 is 0 Å². The van der Waals surface area contributed by atoms with Crippen LogP contribution in [0.25, 0.3) is 0 Å². The van der Waals surface area contributed by atoms with E-state index in [1.54, 1.807) is 6.07 Å². The van der Waals surface area contributed by atoms with Gasteiger partial charge in [0.1, 0.15) is 11.6 Å². The molecule has 90 valence electrons. The zero-order valence-corrected chi connectivity index (χ0v) is 11.0. The molecule has 0 aliphatic rings. The summed E-state index contributed by atoms with van der Waals surface area (Å²) in [6.07, 6.45) is 0.631. The van der Waals surface area contributed by atoms with Crippen LogP contribution in [0.5, 0.6) is 0 Å². The molecular weight excluding hydrogens is 285 g/mol. The van der Waals surface area contributed by atoms with Gasteiger partial charge in [-0.25, -0.2) is 4.39 Å². The van der Waals surface area contributed by atoms with Gasteiger partial charge in [-0.2, -0.15) is 0 Å². The van der Waals surface area contributed by atoms with Crippen molar-refractivity contribution in [1.29, 1.82) is 0 Å². The monoisotopic (exact) mass is 297 g/mol. The van der Waals surface area contributed by atoms with Gasteiger partial charge in [0.05, 0.1) is 6.04 Å². The number of nitrogens with two attached hydrogens (primary N) is 1. The molecule has 2 nitrogen and oxygen atoms in total. The molecule has 2 rings (SSSR count). The molecule has 1 atom stereocenters. The Balaban J connectivity index is 2.15. The zero-order chi connectivity index (χ0) is 12.4. The summed E-state index contributed by atoms with van der Waals surface area (Å²) in [7, 11) is 0. The van der Waals surface area contributed by atoms with Crippen molar-refractivity contribution < 1.29 is 8.81 Å². The van der Waals surface area contributed by atoms with Crippen molar-refractivity contribution >= 4 is 15.9 Å². The minimum atomic E-state index is -0.222. The van der Waals surface area contributed by atoms with Gasteiger partial charge in [0, 0.05) is 0 Å². The Kier molecular flexibility index (Phi) is 3.64. The molecular formula is C13H13BrFNO. The number of furan rings is 1. The quantitative estimate of drug-likeness (QED) is 0.937. The molecule has 1 heterocycles. The Morgan fingerprint density at radius 1 is 1.35 bits per heavy atom. The summed E-state index contributed by atoms with van der Waals surface area (Å²) in [4.78, 5) is 0. The Morgan fingerprint density at radius 2 is 2.12 bits per heavy atom. The second-order valence-corrected chi connectivity index (χ2v) is 4.80. The third-order valence-corrected chi connectivity index (χ3v) is 3.13. The lowest BCUT2D eigenvalue weighted by atomic mass is 10.0. The third kappa shape index (κ3) is 2.96. The molecule has 1 aromatic carbocycles. The lowest BCUT2D eigenvalue weighted by Crippen LogP contribution is -2.13. The van der Waals surface area contributed by atoms with E-state index in [1.807, 2.05) is 19.1 Å². The van der Waals surface area contributed by atoms with Gasteiger partial charge in [-0.1, -0.05) is 6.07 Å². The van der Waals surface area contributed by atoms with Crippen molar-refractivity contribution in [3.63, 3.8) is 0 Å². The summed E-state index contributed by atoms with van der Waals surface area (Å²) < 4.78 is 19.0. The largest absolute Gasteiger partial charge is 0.453 e. The number of hydrogen-bond donors (Lipinski definition) is 1. The van der Waals surface area contributed by atoms with Crippen LogP contribution in [0.3, 0.4) is 0 Å². The fourth-order valence-electron chi connectivity index (χ4n) is 1.75.